The summed E-state index contributed by atoms with van der Waals surface area (Å²) in [7, 11) is 1.64. The van der Waals surface area contributed by atoms with Crippen molar-refractivity contribution >= 4 is 11.6 Å². The van der Waals surface area contributed by atoms with Gasteiger partial charge in [-0.25, -0.2) is 4.39 Å². The molecule has 1 aliphatic rings. The number of hydrogen-bond donors (Lipinski definition) is 1. The molecule has 4 heteroatoms. The van der Waals surface area contributed by atoms with E-state index in [9.17, 15) is 9.18 Å². The Morgan fingerprint density at radius 2 is 2.17 bits per heavy atom. The molecule has 1 N–H and O–H groups in total. The summed E-state index contributed by atoms with van der Waals surface area (Å²) in [5.74, 6) is -0.388. The minimum Gasteiger partial charge on any atom is -0.316 e. The number of nitrogens with one attached hydrogen (secondary N) is 1. The number of amides is 1. The highest BCUT2D eigenvalue weighted by atomic mass is 19.1. The summed E-state index contributed by atoms with van der Waals surface area (Å²) in [6.45, 7) is 3.55. The van der Waals surface area contributed by atoms with Gasteiger partial charge in [0.05, 0.1) is 11.1 Å². The molecule has 1 fully saturated rings. The summed E-state index contributed by atoms with van der Waals surface area (Å²) in [5, 5.41) is 3.24. The average Bonchev–Trinajstić information content (AvgIpc) is 2.38. The molecule has 0 saturated carbocycles. The molecule has 0 spiro atoms. The van der Waals surface area contributed by atoms with Crippen molar-refractivity contribution < 1.29 is 9.18 Å². The second kappa shape index (κ2) is 5.06. The third kappa shape index (κ3) is 2.38. The van der Waals surface area contributed by atoms with Crippen molar-refractivity contribution in [3.63, 3.8) is 0 Å². The first-order valence-electron chi connectivity index (χ1n) is 6.28. The molecule has 98 valence electrons. The summed E-state index contributed by atoms with van der Waals surface area (Å²) in [6, 6.07) is 6.37. The zero-order chi connectivity index (χ0) is 13.2. The Morgan fingerprint density at radius 3 is 2.78 bits per heavy atom. The smallest absolute Gasteiger partial charge is 0.234 e. The van der Waals surface area contributed by atoms with Crippen LogP contribution in [-0.2, 0) is 4.79 Å². The maximum atomic E-state index is 13.7. The van der Waals surface area contributed by atoms with Crippen LogP contribution in [0.2, 0.25) is 0 Å². The number of rotatable bonds is 2. The number of carbonyl (C=O) groups is 1. The third-order valence-electron chi connectivity index (χ3n) is 3.63. The molecular weight excluding hydrogens is 231 g/mol. The van der Waals surface area contributed by atoms with Crippen LogP contribution in [-0.4, -0.2) is 26.0 Å². The molecule has 0 aliphatic carbocycles. The summed E-state index contributed by atoms with van der Waals surface area (Å²) in [4.78, 5) is 13.9. The second-order valence-electron chi connectivity index (χ2n) is 5.16. The molecule has 1 heterocycles. The number of anilines is 1. The van der Waals surface area contributed by atoms with Gasteiger partial charge in [0, 0.05) is 13.6 Å². The number of halogens is 1. The summed E-state index contributed by atoms with van der Waals surface area (Å²) < 4.78 is 13.7. The lowest BCUT2D eigenvalue weighted by Gasteiger charge is -2.36. The van der Waals surface area contributed by atoms with Crippen LogP contribution >= 0.6 is 0 Å². The Balaban J connectivity index is 2.21. The van der Waals surface area contributed by atoms with Crippen molar-refractivity contribution in [2.45, 2.75) is 19.8 Å². The SMILES string of the molecule is CN(C(=O)C1(C)CCCNC1)c1ccccc1F. The van der Waals surface area contributed by atoms with Crippen LogP contribution in [0.4, 0.5) is 10.1 Å². The molecule has 1 saturated heterocycles. The van der Waals surface area contributed by atoms with Crippen molar-refractivity contribution in [1.82, 2.24) is 5.32 Å². The molecular formula is C14H19FN2O. The van der Waals surface area contributed by atoms with Crippen LogP contribution in [0.25, 0.3) is 0 Å². The van der Waals surface area contributed by atoms with Crippen LogP contribution in [0, 0.1) is 11.2 Å². The van der Waals surface area contributed by atoms with E-state index in [0.717, 1.165) is 19.4 Å². The van der Waals surface area contributed by atoms with E-state index in [1.165, 1.54) is 11.0 Å². The van der Waals surface area contributed by atoms with Gasteiger partial charge in [-0.15, -0.1) is 0 Å². The van der Waals surface area contributed by atoms with Gasteiger partial charge in [0.15, 0.2) is 0 Å². The highest BCUT2D eigenvalue weighted by Crippen LogP contribution is 2.30. The molecule has 2 rings (SSSR count). The fraction of sp³-hybridized carbons (Fsp3) is 0.500. The van der Waals surface area contributed by atoms with E-state index in [1.807, 2.05) is 6.92 Å². The zero-order valence-corrected chi connectivity index (χ0v) is 10.9. The van der Waals surface area contributed by atoms with Crippen LogP contribution < -0.4 is 10.2 Å². The van der Waals surface area contributed by atoms with Crippen molar-refractivity contribution in [2.24, 2.45) is 5.41 Å². The summed E-state index contributed by atoms with van der Waals surface area (Å²) in [5.41, 5.74) is -0.0933. The maximum absolute atomic E-state index is 13.7. The molecule has 3 nitrogen and oxygen atoms in total. The first kappa shape index (κ1) is 13.0. The predicted molar refractivity (Wildman–Crippen MR) is 70.0 cm³/mol. The third-order valence-corrected chi connectivity index (χ3v) is 3.63. The molecule has 1 atom stereocenters. The Morgan fingerprint density at radius 1 is 1.44 bits per heavy atom. The lowest BCUT2D eigenvalue weighted by atomic mass is 9.81. The number of para-hydroxylation sites is 1. The van der Waals surface area contributed by atoms with Gasteiger partial charge in [0.25, 0.3) is 0 Å². The maximum Gasteiger partial charge on any atom is 0.234 e. The fourth-order valence-corrected chi connectivity index (χ4v) is 2.48. The Hall–Kier alpha value is -1.42. The number of nitrogens with zero attached hydrogens (tertiary/aromatic N) is 1. The average molecular weight is 250 g/mol. The molecule has 1 aliphatic heterocycles. The van der Waals surface area contributed by atoms with Crippen molar-refractivity contribution in [3.05, 3.63) is 30.1 Å². The lowest BCUT2D eigenvalue weighted by molar-refractivity contribution is -0.128. The molecule has 0 bridgehead atoms. The standard InChI is InChI=1S/C14H19FN2O/c1-14(8-5-9-16-10-14)13(18)17(2)12-7-4-3-6-11(12)15/h3-4,6-7,16H,5,8-10H2,1-2H3. The molecule has 18 heavy (non-hydrogen) atoms. The van der Waals surface area contributed by atoms with E-state index in [1.54, 1.807) is 25.2 Å². The monoisotopic (exact) mass is 250 g/mol. The number of hydrogen-bond acceptors (Lipinski definition) is 2. The Bertz CT molecular complexity index is 441. The number of carbonyl (C=O) groups excluding carboxylic acids is 1. The molecule has 1 unspecified atom stereocenters. The van der Waals surface area contributed by atoms with Gasteiger partial charge < -0.3 is 10.2 Å². The topological polar surface area (TPSA) is 32.3 Å². The molecule has 1 aromatic rings. The van der Waals surface area contributed by atoms with Crippen LogP contribution in [0.15, 0.2) is 24.3 Å². The van der Waals surface area contributed by atoms with Gasteiger partial charge in [-0.05, 0) is 38.4 Å². The quantitative estimate of drug-likeness (QED) is 0.872. The Kier molecular flexibility index (Phi) is 3.66. The van der Waals surface area contributed by atoms with Crippen molar-refractivity contribution in [2.75, 3.05) is 25.0 Å². The Labute approximate surface area is 107 Å². The van der Waals surface area contributed by atoms with Gasteiger partial charge in [-0.2, -0.15) is 0 Å². The number of benzene rings is 1. The fourth-order valence-electron chi connectivity index (χ4n) is 2.48. The van der Waals surface area contributed by atoms with E-state index in [4.69, 9.17) is 0 Å². The minimum atomic E-state index is -0.435. The van der Waals surface area contributed by atoms with Gasteiger partial charge in [0.2, 0.25) is 5.91 Å². The molecule has 1 aromatic carbocycles. The zero-order valence-electron chi connectivity index (χ0n) is 10.9. The molecule has 1 amide bonds. The molecule has 0 radical (unpaired) electrons. The van der Waals surface area contributed by atoms with E-state index < -0.39 is 5.41 Å². The van der Waals surface area contributed by atoms with Crippen molar-refractivity contribution in [3.8, 4) is 0 Å². The second-order valence-corrected chi connectivity index (χ2v) is 5.16. The van der Waals surface area contributed by atoms with Crippen molar-refractivity contribution in [1.29, 1.82) is 0 Å². The summed E-state index contributed by atoms with van der Waals surface area (Å²) >= 11 is 0. The van der Waals surface area contributed by atoms with Crippen LogP contribution in [0.1, 0.15) is 19.8 Å². The van der Waals surface area contributed by atoms with E-state index in [0.29, 0.717) is 12.2 Å². The summed E-state index contributed by atoms with van der Waals surface area (Å²) in [6.07, 6.45) is 1.82. The van der Waals surface area contributed by atoms with Crippen LogP contribution in [0.3, 0.4) is 0 Å². The first-order valence-corrected chi connectivity index (χ1v) is 6.28. The van der Waals surface area contributed by atoms with Crippen LogP contribution in [0.5, 0.6) is 0 Å². The van der Waals surface area contributed by atoms with E-state index in [-0.39, 0.29) is 11.7 Å². The first-order chi connectivity index (χ1) is 8.54. The van der Waals surface area contributed by atoms with Gasteiger partial charge >= 0.3 is 0 Å². The number of piperidine rings is 1. The van der Waals surface area contributed by atoms with E-state index in [2.05, 4.69) is 5.32 Å². The largest absolute Gasteiger partial charge is 0.316 e. The minimum absolute atomic E-state index is 0.0280. The van der Waals surface area contributed by atoms with Gasteiger partial charge in [-0.1, -0.05) is 12.1 Å². The van der Waals surface area contributed by atoms with Gasteiger partial charge in [-0.3, -0.25) is 4.79 Å². The highest BCUT2D eigenvalue weighted by molar-refractivity contribution is 5.97. The normalized spacial score (nSPS) is 23.7. The lowest BCUT2D eigenvalue weighted by Crippen LogP contribution is -2.49. The van der Waals surface area contributed by atoms with Gasteiger partial charge in [0.1, 0.15) is 5.82 Å². The highest BCUT2D eigenvalue weighted by Gasteiger charge is 2.37. The van der Waals surface area contributed by atoms with E-state index >= 15 is 0 Å². The molecule has 0 aromatic heterocycles. The predicted octanol–water partition coefficient (Wildman–Crippen LogP) is 2.18.